The molecule has 1 aliphatic carbocycles. The van der Waals surface area contributed by atoms with Crippen molar-refractivity contribution >= 4 is 23.8 Å². The number of urea groups is 1. The zero-order valence-corrected chi connectivity index (χ0v) is 16.4. The molecule has 29 heavy (non-hydrogen) atoms. The maximum Gasteiger partial charge on any atom is 0.344 e. The fourth-order valence-electron chi connectivity index (χ4n) is 4.49. The van der Waals surface area contributed by atoms with Gasteiger partial charge < -0.3 is 10.2 Å². The molecule has 2 heterocycles. The van der Waals surface area contributed by atoms with Gasteiger partial charge in [0.2, 0.25) is 11.8 Å². The highest BCUT2D eigenvalue weighted by molar-refractivity contribution is 6.08. The molecule has 1 unspecified atom stereocenters. The monoisotopic (exact) mass is 398 g/mol. The molecular weight excluding hydrogens is 372 g/mol. The van der Waals surface area contributed by atoms with Crippen molar-refractivity contribution in [2.75, 3.05) is 13.1 Å². The predicted octanol–water partition coefficient (Wildman–Crippen LogP) is 1.36. The van der Waals surface area contributed by atoms with E-state index in [1.54, 1.807) is 4.90 Å². The van der Waals surface area contributed by atoms with Gasteiger partial charge in [-0.2, -0.15) is 5.01 Å². The van der Waals surface area contributed by atoms with Crippen molar-refractivity contribution in [2.24, 2.45) is 5.92 Å². The van der Waals surface area contributed by atoms with Crippen molar-refractivity contribution in [2.45, 2.75) is 50.5 Å². The highest BCUT2D eigenvalue weighted by Gasteiger charge is 2.52. The molecular formula is C21H26N4O4. The topological polar surface area (TPSA) is 98.8 Å². The Morgan fingerprint density at radius 2 is 1.83 bits per heavy atom. The van der Waals surface area contributed by atoms with Gasteiger partial charge in [-0.05, 0) is 24.8 Å². The summed E-state index contributed by atoms with van der Waals surface area (Å²) in [5.74, 6) is -1.50. The van der Waals surface area contributed by atoms with E-state index < -0.39 is 23.4 Å². The summed E-state index contributed by atoms with van der Waals surface area (Å²) in [6.07, 6.45) is 4.80. The normalized spacial score (nSPS) is 23.6. The number of imide groups is 1. The highest BCUT2D eigenvalue weighted by Crippen LogP contribution is 2.33. The minimum Gasteiger partial charge on any atom is -0.342 e. The van der Waals surface area contributed by atoms with Gasteiger partial charge in [-0.3, -0.25) is 19.8 Å². The van der Waals surface area contributed by atoms with Crippen molar-refractivity contribution < 1.29 is 19.2 Å². The Hall–Kier alpha value is -2.90. The molecule has 2 N–H and O–H groups in total. The molecule has 3 aliphatic rings. The zero-order valence-electron chi connectivity index (χ0n) is 16.4. The van der Waals surface area contributed by atoms with E-state index in [2.05, 4.69) is 10.7 Å². The molecule has 1 saturated carbocycles. The number of nitrogens with zero attached hydrogens (tertiary/aromatic N) is 2. The third-order valence-electron chi connectivity index (χ3n) is 6.19. The Balaban J connectivity index is 1.33. The number of benzene rings is 1. The summed E-state index contributed by atoms with van der Waals surface area (Å²) in [6.45, 7) is 0.838. The number of carbonyl (C=O) groups excluding carboxylic acids is 4. The highest BCUT2D eigenvalue weighted by atomic mass is 16.2. The third-order valence-corrected chi connectivity index (χ3v) is 6.19. The standard InChI is InChI=1S/C21H26N4O4/c26-17-13-16(14-24(17)12-9-15-7-3-1-4-8-15)18(27)23-25-19(28)21(22-20(25)29)10-5-2-6-11-21/h1,3-4,7-8,16H,2,5-6,9-14H2,(H,22,29)(H,23,27). The van der Waals surface area contributed by atoms with Gasteiger partial charge in [0.1, 0.15) is 5.54 Å². The molecule has 1 spiro atoms. The first-order valence-electron chi connectivity index (χ1n) is 10.3. The van der Waals surface area contributed by atoms with Crippen LogP contribution in [0.5, 0.6) is 0 Å². The first kappa shape index (κ1) is 19.4. The molecule has 4 rings (SSSR count). The number of rotatable bonds is 5. The summed E-state index contributed by atoms with van der Waals surface area (Å²) < 4.78 is 0. The molecule has 8 heteroatoms. The lowest BCUT2D eigenvalue weighted by Gasteiger charge is -2.30. The number of nitrogens with one attached hydrogen (secondary N) is 2. The summed E-state index contributed by atoms with van der Waals surface area (Å²) in [6, 6.07) is 9.27. The van der Waals surface area contributed by atoms with Crippen LogP contribution in [0.3, 0.4) is 0 Å². The average molecular weight is 398 g/mol. The number of amides is 5. The van der Waals surface area contributed by atoms with Gasteiger partial charge in [-0.15, -0.1) is 0 Å². The van der Waals surface area contributed by atoms with Crippen molar-refractivity contribution in [3.8, 4) is 0 Å². The van der Waals surface area contributed by atoms with Crippen molar-refractivity contribution in [3.63, 3.8) is 0 Å². The summed E-state index contributed by atoms with van der Waals surface area (Å²) >= 11 is 0. The molecule has 0 aromatic heterocycles. The van der Waals surface area contributed by atoms with Crippen molar-refractivity contribution in [1.82, 2.24) is 20.7 Å². The van der Waals surface area contributed by atoms with E-state index in [0.717, 1.165) is 36.3 Å². The molecule has 5 amide bonds. The molecule has 1 aromatic carbocycles. The molecule has 154 valence electrons. The molecule has 2 saturated heterocycles. The third kappa shape index (κ3) is 3.83. The Labute approximate surface area is 169 Å². The second kappa shape index (κ2) is 7.85. The van der Waals surface area contributed by atoms with Crippen LogP contribution in [0.2, 0.25) is 0 Å². The Morgan fingerprint density at radius 1 is 1.10 bits per heavy atom. The lowest BCUT2D eigenvalue weighted by molar-refractivity contribution is -0.141. The number of hydrogen-bond acceptors (Lipinski definition) is 4. The van der Waals surface area contributed by atoms with E-state index in [-0.39, 0.29) is 18.2 Å². The van der Waals surface area contributed by atoms with Crippen LogP contribution in [0, 0.1) is 5.92 Å². The van der Waals surface area contributed by atoms with Crippen molar-refractivity contribution in [3.05, 3.63) is 35.9 Å². The van der Waals surface area contributed by atoms with Gasteiger partial charge in [-0.1, -0.05) is 49.6 Å². The molecule has 1 atom stereocenters. The summed E-state index contributed by atoms with van der Waals surface area (Å²) in [5, 5.41) is 3.58. The average Bonchev–Trinajstić information content (AvgIpc) is 3.21. The number of likely N-dealkylation sites (tertiary alicyclic amines) is 1. The van der Waals surface area contributed by atoms with Gasteiger partial charge in [0.25, 0.3) is 5.91 Å². The second-order valence-corrected chi connectivity index (χ2v) is 8.17. The summed E-state index contributed by atoms with van der Waals surface area (Å²) in [7, 11) is 0. The van der Waals surface area contributed by atoms with E-state index >= 15 is 0 Å². The maximum absolute atomic E-state index is 12.8. The predicted molar refractivity (Wildman–Crippen MR) is 104 cm³/mol. The smallest absolute Gasteiger partial charge is 0.342 e. The lowest BCUT2D eigenvalue weighted by Crippen LogP contribution is -2.52. The molecule has 1 aromatic rings. The fourth-order valence-corrected chi connectivity index (χ4v) is 4.49. The van der Waals surface area contributed by atoms with E-state index in [1.165, 1.54) is 0 Å². The molecule has 0 radical (unpaired) electrons. The van der Waals surface area contributed by atoms with Crippen LogP contribution >= 0.6 is 0 Å². The SMILES string of the molecule is O=C(NN1C(=O)NC2(CCCCC2)C1=O)C1CC(=O)N(CCc2ccccc2)C1. The van der Waals surface area contributed by atoms with Crippen LogP contribution in [0.25, 0.3) is 0 Å². The van der Waals surface area contributed by atoms with Crippen LogP contribution in [0.4, 0.5) is 4.79 Å². The van der Waals surface area contributed by atoms with E-state index in [9.17, 15) is 19.2 Å². The Kier molecular flexibility index (Phi) is 5.25. The minimum atomic E-state index is -0.879. The second-order valence-electron chi connectivity index (χ2n) is 8.17. The molecule has 2 aliphatic heterocycles. The molecule has 8 nitrogen and oxygen atoms in total. The van der Waals surface area contributed by atoms with Gasteiger partial charge in [-0.25, -0.2) is 4.79 Å². The first-order chi connectivity index (χ1) is 14.0. The Bertz CT molecular complexity index is 819. The summed E-state index contributed by atoms with van der Waals surface area (Å²) in [5.41, 5.74) is 2.71. The van der Waals surface area contributed by atoms with Gasteiger partial charge in [0.05, 0.1) is 5.92 Å². The molecule has 3 fully saturated rings. The number of hydrazine groups is 1. The zero-order chi connectivity index (χ0) is 20.4. The van der Waals surface area contributed by atoms with Gasteiger partial charge in [0.15, 0.2) is 0 Å². The van der Waals surface area contributed by atoms with Crippen LogP contribution in [0.1, 0.15) is 44.1 Å². The van der Waals surface area contributed by atoms with E-state index in [0.29, 0.717) is 25.9 Å². The minimum absolute atomic E-state index is 0.0815. The summed E-state index contributed by atoms with van der Waals surface area (Å²) in [4.78, 5) is 51.7. The lowest BCUT2D eigenvalue weighted by atomic mass is 9.82. The Morgan fingerprint density at radius 3 is 2.55 bits per heavy atom. The van der Waals surface area contributed by atoms with Gasteiger partial charge in [0, 0.05) is 19.5 Å². The van der Waals surface area contributed by atoms with Crippen LogP contribution in [0.15, 0.2) is 30.3 Å². The first-order valence-corrected chi connectivity index (χ1v) is 10.3. The quantitative estimate of drug-likeness (QED) is 0.732. The number of carbonyl (C=O) groups is 4. The largest absolute Gasteiger partial charge is 0.344 e. The van der Waals surface area contributed by atoms with Gasteiger partial charge >= 0.3 is 6.03 Å². The maximum atomic E-state index is 12.8. The molecule has 0 bridgehead atoms. The van der Waals surface area contributed by atoms with E-state index in [4.69, 9.17) is 0 Å². The fraction of sp³-hybridized carbons (Fsp3) is 0.524. The van der Waals surface area contributed by atoms with Crippen LogP contribution < -0.4 is 10.7 Å². The van der Waals surface area contributed by atoms with Crippen LogP contribution in [-0.2, 0) is 20.8 Å². The van der Waals surface area contributed by atoms with E-state index in [1.807, 2.05) is 30.3 Å². The van der Waals surface area contributed by atoms with Crippen molar-refractivity contribution in [1.29, 1.82) is 0 Å². The number of hydrogen-bond donors (Lipinski definition) is 2. The van der Waals surface area contributed by atoms with Crippen LogP contribution in [-0.4, -0.2) is 52.3 Å².